The SMILES string of the molecule is CCOc1ccc(C(N)C2(C)CC2)cc1Cl. The van der Waals surface area contributed by atoms with Gasteiger partial charge in [-0.15, -0.1) is 0 Å². The van der Waals surface area contributed by atoms with Crippen molar-refractivity contribution < 1.29 is 4.74 Å². The Morgan fingerprint density at radius 1 is 1.50 bits per heavy atom. The summed E-state index contributed by atoms with van der Waals surface area (Å²) in [4.78, 5) is 0. The van der Waals surface area contributed by atoms with Crippen molar-refractivity contribution in [2.75, 3.05) is 6.61 Å². The van der Waals surface area contributed by atoms with Gasteiger partial charge in [0.2, 0.25) is 0 Å². The number of ether oxygens (including phenoxy) is 1. The molecule has 1 aromatic rings. The lowest BCUT2D eigenvalue weighted by Crippen LogP contribution is -2.20. The van der Waals surface area contributed by atoms with Crippen LogP contribution in [0.2, 0.25) is 5.02 Å². The van der Waals surface area contributed by atoms with Crippen LogP contribution in [-0.4, -0.2) is 6.61 Å². The molecule has 0 spiro atoms. The Hall–Kier alpha value is -0.730. The lowest BCUT2D eigenvalue weighted by molar-refractivity contribution is 0.340. The van der Waals surface area contributed by atoms with Crippen LogP contribution in [0.4, 0.5) is 0 Å². The molecule has 0 amide bonds. The van der Waals surface area contributed by atoms with Crippen molar-refractivity contribution in [3.05, 3.63) is 28.8 Å². The van der Waals surface area contributed by atoms with Gasteiger partial charge in [-0.05, 0) is 42.9 Å². The van der Waals surface area contributed by atoms with E-state index in [1.54, 1.807) is 0 Å². The third-order valence-corrected chi connectivity index (χ3v) is 3.70. The van der Waals surface area contributed by atoms with Crippen LogP contribution >= 0.6 is 11.6 Å². The molecule has 1 saturated carbocycles. The molecular formula is C13H18ClNO. The topological polar surface area (TPSA) is 35.2 Å². The fourth-order valence-electron chi connectivity index (χ4n) is 1.89. The standard InChI is InChI=1S/C13H18ClNO/c1-3-16-11-5-4-9(8-10(11)14)12(15)13(2)6-7-13/h4-5,8,12H,3,6-7,15H2,1-2H3. The van der Waals surface area contributed by atoms with Crippen LogP contribution in [0, 0.1) is 5.41 Å². The fraction of sp³-hybridized carbons (Fsp3) is 0.538. The number of hydrogen-bond acceptors (Lipinski definition) is 2. The molecule has 2 rings (SSSR count). The predicted molar refractivity (Wildman–Crippen MR) is 66.9 cm³/mol. The average Bonchev–Trinajstić information content (AvgIpc) is 3.00. The molecular weight excluding hydrogens is 222 g/mol. The Morgan fingerprint density at radius 3 is 2.69 bits per heavy atom. The molecule has 88 valence electrons. The van der Waals surface area contributed by atoms with Gasteiger partial charge in [-0.25, -0.2) is 0 Å². The first-order valence-electron chi connectivity index (χ1n) is 5.74. The Labute approximate surface area is 102 Å². The molecule has 1 aromatic carbocycles. The number of halogens is 1. The van der Waals surface area contributed by atoms with E-state index in [1.165, 1.54) is 12.8 Å². The Balaban J connectivity index is 2.20. The molecule has 1 aliphatic rings. The monoisotopic (exact) mass is 239 g/mol. The van der Waals surface area contributed by atoms with Crippen LogP contribution in [0.15, 0.2) is 18.2 Å². The maximum absolute atomic E-state index is 6.23. The number of nitrogens with two attached hydrogens (primary N) is 1. The minimum absolute atomic E-state index is 0.0840. The van der Waals surface area contributed by atoms with Crippen LogP contribution < -0.4 is 10.5 Å². The molecule has 1 fully saturated rings. The maximum Gasteiger partial charge on any atom is 0.137 e. The second-order valence-corrected chi connectivity index (χ2v) is 5.16. The summed E-state index contributed by atoms with van der Waals surface area (Å²) in [6, 6.07) is 5.94. The van der Waals surface area contributed by atoms with E-state index < -0.39 is 0 Å². The van der Waals surface area contributed by atoms with Gasteiger partial charge in [0.05, 0.1) is 11.6 Å². The fourth-order valence-corrected chi connectivity index (χ4v) is 2.14. The molecule has 0 heterocycles. The summed E-state index contributed by atoms with van der Waals surface area (Å²) in [6.07, 6.45) is 2.41. The molecule has 2 nitrogen and oxygen atoms in total. The Kier molecular flexibility index (Phi) is 3.13. The maximum atomic E-state index is 6.23. The first-order chi connectivity index (χ1) is 7.57. The van der Waals surface area contributed by atoms with E-state index in [1.807, 2.05) is 25.1 Å². The van der Waals surface area contributed by atoms with Crippen LogP contribution in [0.3, 0.4) is 0 Å². The van der Waals surface area contributed by atoms with E-state index in [2.05, 4.69) is 6.92 Å². The van der Waals surface area contributed by atoms with Crippen molar-refractivity contribution in [3.63, 3.8) is 0 Å². The van der Waals surface area contributed by atoms with E-state index in [0.717, 1.165) is 11.3 Å². The predicted octanol–water partition coefficient (Wildman–Crippen LogP) is 3.54. The van der Waals surface area contributed by atoms with Gasteiger partial charge < -0.3 is 10.5 Å². The van der Waals surface area contributed by atoms with Gasteiger partial charge in [-0.3, -0.25) is 0 Å². The van der Waals surface area contributed by atoms with Crippen LogP contribution in [-0.2, 0) is 0 Å². The second-order valence-electron chi connectivity index (χ2n) is 4.75. The zero-order chi connectivity index (χ0) is 11.8. The van der Waals surface area contributed by atoms with Crippen molar-refractivity contribution in [2.45, 2.75) is 32.7 Å². The third-order valence-electron chi connectivity index (χ3n) is 3.40. The highest BCUT2D eigenvalue weighted by molar-refractivity contribution is 6.32. The van der Waals surface area contributed by atoms with Gasteiger partial charge in [0.25, 0.3) is 0 Å². The summed E-state index contributed by atoms with van der Waals surface area (Å²) < 4.78 is 5.40. The van der Waals surface area contributed by atoms with Gasteiger partial charge >= 0.3 is 0 Å². The van der Waals surface area contributed by atoms with Crippen molar-refractivity contribution in [2.24, 2.45) is 11.1 Å². The third kappa shape index (κ3) is 2.18. The van der Waals surface area contributed by atoms with E-state index in [4.69, 9.17) is 22.1 Å². The summed E-state index contributed by atoms with van der Waals surface area (Å²) >= 11 is 6.14. The van der Waals surface area contributed by atoms with E-state index in [-0.39, 0.29) is 11.5 Å². The first kappa shape index (κ1) is 11.7. The van der Waals surface area contributed by atoms with E-state index in [9.17, 15) is 0 Å². The largest absolute Gasteiger partial charge is 0.492 e. The molecule has 0 saturated heterocycles. The van der Waals surface area contributed by atoms with Gasteiger partial charge in [0.15, 0.2) is 0 Å². The summed E-state index contributed by atoms with van der Waals surface area (Å²) in [6.45, 7) is 4.80. The van der Waals surface area contributed by atoms with Crippen molar-refractivity contribution >= 4 is 11.6 Å². The van der Waals surface area contributed by atoms with Crippen LogP contribution in [0.5, 0.6) is 5.75 Å². The molecule has 0 bridgehead atoms. The lowest BCUT2D eigenvalue weighted by atomic mass is 9.93. The minimum atomic E-state index is 0.0840. The summed E-state index contributed by atoms with van der Waals surface area (Å²) in [7, 11) is 0. The van der Waals surface area contributed by atoms with Gasteiger partial charge in [-0.2, -0.15) is 0 Å². The lowest BCUT2D eigenvalue weighted by Gasteiger charge is -2.20. The van der Waals surface area contributed by atoms with Crippen molar-refractivity contribution in [1.82, 2.24) is 0 Å². The molecule has 3 heteroatoms. The summed E-state index contributed by atoms with van der Waals surface area (Å²) in [5, 5.41) is 0.652. The average molecular weight is 240 g/mol. The smallest absolute Gasteiger partial charge is 0.137 e. The molecule has 0 aliphatic heterocycles. The zero-order valence-corrected chi connectivity index (χ0v) is 10.6. The van der Waals surface area contributed by atoms with E-state index >= 15 is 0 Å². The molecule has 1 atom stereocenters. The van der Waals surface area contributed by atoms with Gasteiger partial charge in [0.1, 0.15) is 5.75 Å². The number of rotatable bonds is 4. The van der Waals surface area contributed by atoms with Crippen molar-refractivity contribution in [3.8, 4) is 5.75 Å². The number of hydrogen-bond donors (Lipinski definition) is 1. The molecule has 0 radical (unpaired) electrons. The minimum Gasteiger partial charge on any atom is -0.492 e. The normalized spacial score (nSPS) is 19.2. The molecule has 16 heavy (non-hydrogen) atoms. The van der Waals surface area contributed by atoms with Gasteiger partial charge in [0, 0.05) is 6.04 Å². The van der Waals surface area contributed by atoms with Gasteiger partial charge in [-0.1, -0.05) is 24.6 Å². The van der Waals surface area contributed by atoms with E-state index in [0.29, 0.717) is 11.6 Å². The Morgan fingerprint density at radius 2 is 2.19 bits per heavy atom. The summed E-state index contributed by atoms with van der Waals surface area (Å²) in [5.41, 5.74) is 7.61. The van der Waals surface area contributed by atoms with Crippen LogP contribution in [0.25, 0.3) is 0 Å². The molecule has 0 aromatic heterocycles. The van der Waals surface area contributed by atoms with Crippen molar-refractivity contribution in [1.29, 1.82) is 0 Å². The molecule has 2 N–H and O–H groups in total. The highest BCUT2D eigenvalue weighted by Crippen LogP contribution is 2.53. The Bertz CT molecular complexity index is 388. The quantitative estimate of drug-likeness (QED) is 0.872. The zero-order valence-electron chi connectivity index (χ0n) is 9.79. The first-order valence-corrected chi connectivity index (χ1v) is 6.12. The highest BCUT2D eigenvalue weighted by Gasteiger charge is 2.43. The number of benzene rings is 1. The highest BCUT2D eigenvalue weighted by atomic mass is 35.5. The second kappa shape index (κ2) is 4.27. The molecule has 1 unspecified atom stereocenters. The van der Waals surface area contributed by atoms with Crippen LogP contribution in [0.1, 0.15) is 38.3 Å². The molecule has 1 aliphatic carbocycles. The summed E-state index contributed by atoms with van der Waals surface area (Å²) in [5.74, 6) is 0.737.